The number of rotatable bonds is 4. The van der Waals surface area contributed by atoms with Gasteiger partial charge >= 0.3 is 0 Å². The van der Waals surface area contributed by atoms with E-state index in [1.165, 1.54) is 6.07 Å². The van der Waals surface area contributed by atoms with Crippen LogP contribution in [0.25, 0.3) is 11.0 Å². The fourth-order valence-electron chi connectivity index (χ4n) is 1.99. The second-order valence-electron chi connectivity index (χ2n) is 4.13. The van der Waals surface area contributed by atoms with Crippen LogP contribution in [0.5, 0.6) is 0 Å². The fraction of sp³-hybridized carbons (Fsp3) is 0.385. The van der Waals surface area contributed by atoms with E-state index in [9.17, 15) is 8.78 Å². The molecule has 0 aliphatic heterocycles. The molecule has 0 radical (unpaired) electrons. The SMILES string of the molecule is CC[C@H](Cc1cc(F)c2c(F)coc2c1)NC. The zero-order chi connectivity index (χ0) is 12.4. The van der Waals surface area contributed by atoms with Crippen molar-refractivity contribution in [1.82, 2.24) is 5.32 Å². The van der Waals surface area contributed by atoms with Crippen LogP contribution in [0.1, 0.15) is 18.9 Å². The van der Waals surface area contributed by atoms with E-state index < -0.39 is 11.6 Å². The van der Waals surface area contributed by atoms with E-state index in [1.54, 1.807) is 6.07 Å². The van der Waals surface area contributed by atoms with Gasteiger partial charge in [-0.05, 0) is 37.6 Å². The molecule has 1 N–H and O–H groups in total. The Bertz CT molecular complexity index is 517. The monoisotopic (exact) mass is 239 g/mol. The van der Waals surface area contributed by atoms with E-state index in [0.29, 0.717) is 6.42 Å². The molecule has 2 nitrogen and oxygen atoms in total. The summed E-state index contributed by atoms with van der Waals surface area (Å²) in [5, 5.41) is 3.08. The van der Waals surface area contributed by atoms with Crippen molar-refractivity contribution in [3.63, 3.8) is 0 Å². The maximum atomic E-state index is 13.7. The zero-order valence-corrected chi connectivity index (χ0v) is 9.89. The van der Waals surface area contributed by atoms with Gasteiger partial charge in [0.25, 0.3) is 0 Å². The number of hydrogen-bond acceptors (Lipinski definition) is 2. The highest BCUT2D eigenvalue weighted by Gasteiger charge is 2.14. The largest absolute Gasteiger partial charge is 0.461 e. The van der Waals surface area contributed by atoms with Crippen molar-refractivity contribution in [2.45, 2.75) is 25.8 Å². The van der Waals surface area contributed by atoms with Crippen LogP contribution in [0.2, 0.25) is 0 Å². The zero-order valence-electron chi connectivity index (χ0n) is 9.89. The van der Waals surface area contributed by atoms with Gasteiger partial charge in [0.05, 0.1) is 5.39 Å². The third kappa shape index (κ3) is 2.31. The molecular formula is C13H15F2NO. The van der Waals surface area contributed by atoms with Gasteiger partial charge in [-0.2, -0.15) is 0 Å². The summed E-state index contributed by atoms with van der Waals surface area (Å²) in [6, 6.07) is 3.36. The minimum absolute atomic E-state index is 0.0637. The van der Waals surface area contributed by atoms with Crippen LogP contribution < -0.4 is 5.32 Å². The van der Waals surface area contributed by atoms with Crippen LogP contribution in [0.4, 0.5) is 8.78 Å². The summed E-state index contributed by atoms with van der Waals surface area (Å²) in [5.74, 6) is -1.21. The normalized spacial score (nSPS) is 13.2. The number of benzene rings is 1. The summed E-state index contributed by atoms with van der Waals surface area (Å²) in [6.45, 7) is 2.06. The Morgan fingerprint density at radius 2 is 2.06 bits per heavy atom. The van der Waals surface area contributed by atoms with Crippen molar-refractivity contribution in [3.05, 3.63) is 35.6 Å². The van der Waals surface area contributed by atoms with Crippen molar-refractivity contribution >= 4 is 11.0 Å². The first kappa shape index (κ1) is 12.0. The molecule has 0 fully saturated rings. The van der Waals surface area contributed by atoms with Crippen molar-refractivity contribution < 1.29 is 13.2 Å². The third-order valence-electron chi connectivity index (χ3n) is 3.03. The van der Waals surface area contributed by atoms with Crippen LogP contribution in [-0.2, 0) is 6.42 Å². The molecule has 0 saturated carbocycles. The number of furan rings is 1. The molecule has 2 rings (SSSR count). The number of fused-ring (bicyclic) bond motifs is 1. The highest BCUT2D eigenvalue weighted by atomic mass is 19.1. The Morgan fingerprint density at radius 3 is 2.71 bits per heavy atom. The molecule has 1 atom stereocenters. The summed E-state index contributed by atoms with van der Waals surface area (Å²) >= 11 is 0. The van der Waals surface area contributed by atoms with Gasteiger partial charge in [-0.3, -0.25) is 0 Å². The summed E-state index contributed by atoms with van der Waals surface area (Å²) in [4.78, 5) is 0. The van der Waals surface area contributed by atoms with Gasteiger partial charge < -0.3 is 9.73 Å². The van der Waals surface area contributed by atoms with E-state index >= 15 is 0 Å². The molecule has 1 aromatic heterocycles. The first-order valence-electron chi connectivity index (χ1n) is 5.68. The maximum absolute atomic E-state index is 13.7. The van der Waals surface area contributed by atoms with E-state index in [0.717, 1.165) is 18.2 Å². The van der Waals surface area contributed by atoms with E-state index in [4.69, 9.17) is 4.42 Å². The highest BCUT2D eigenvalue weighted by molar-refractivity contribution is 5.79. The van der Waals surface area contributed by atoms with Gasteiger partial charge in [0.15, 0.2) is 5.82 Å². The first-order valence-corrected chi connectivity index (χ1v) is 5.68. The van der Waals surface area contributed by atoms with E-state index in [2.05, 4.69) is 12.2 Å². The molecule has 4 heteroatoms. The predicted molar refractivity (Wildman–Crippen MR) is 63.0 cm³/mol. The average molecular weight is 239 g/mol. The number of hydrogen-bond donors (Lipinski definition) is 1. The molecule has 0 unspecified atom stereocenters. The van der Waals surface area contributed by atoms with Gasteiger partial charge in [-0.1, -0.05) is 6.92 Å². The van der Waals surface area contributed by atoms with Gasteiger partial charge in [-0.15, -0.1) is 0 Å². The molecule has 1 aromatic carbocycles. The molecule has 0 aliphatic carbocycles. The molecule has 0 aliphatic rings. The van der Waals surface area contributed by atoms with E-state index in [-0.39, 0.29) is 17.0 Å². The summed E-state index contributed by atoms with van der Waals surface area (Å²) in [6.07, 6.45) is 2.58. The lowest BCUT2D eigenvalue weighted by Gasteiger charge is -2.13. The quantitative estimate of drug-likeness (QED) is 0.886. The molecule has 0 saturated heterocycles. The molecule has 0 bridgehead atoms. The number of likely N-dealkylation sites (N-methyl/N-ethyl adjacent to an activating group) is 1. The lowest BCUT2D eigenvalue weighted by atomic mass is 10.0. The third-order valence-corrected chi connectivity index (χ3v) is 3.03. The standard InChI is InChI=1S/C13H15F2NO/c1-3-9(16-2)4-8-5-10(14)13-11(15)7-17-12(13)6-8/h5-7,9,16H,3-4H2,1-2H3/t9-/m1/s1. The fourth-order valence-corrected chi connectivity index (χ4v) is 1.99. The summed E-state index contributed by atoms with van der Waals surface area (Å²) < 4.78 is 31.8. The Morgan fingerprint density at radius 1 is 1.29 bits per heavy atom. The van der Waals surface area contributed by atoms with Crippen molar-refractivity contribution in [2.75, 3.05) is 7.05 Å². The average Bonchev–Trinajstić information content (AvgIpc) is 2.68. The van der Waals surface area contributed by atoms with Crippen molar-refractivity contribution in [2.24, 2.45) is 0 Å². The van der Waals surface area contributed by atoms with Crippen LogP contribution in [-0.4, -0.2) is 13.1 Å². The Balaban J connectivity index is 2.37. The minimum Gasteiger partial charge on any atom is -0.461 e. The van der Waals surface area contributed by atoms with Gasteiger partial charge in [-0.25, -0.2) is 8.78 Å². The second-order valence-corrected chi connectivity index (χ2v) is 4.13. The maximum Gasteiger partial charge on any atom is 0.172 e. The Kier molecular flexibility index (Phi) is 3.43. The Labute approximate surface area is 98.6 Å². The smallest absolute Gasteiger partial charge is 0.172 e. The van der Waals surface area contributed by atoms with Crippen LogP contribution >= 0.6 is 0 Å². The first-order chi connectivity index (χ1) is 8.15. The lowest BCUT2D eigenvalue weighted by molar-refractivity contribution is 0.540. The molecule has 0 spiro atoms. The lowest BCUT2D eigenvalue weighted by Crippen LogP contribution is -2.26. The van der Waals surface area contributed by atoms with Crippen molar-refractivity contribution in [3.8, 4) is 0 Å². The molecule has 0 amide bonds. The van der Waals surface area contributed by atoms with Gasteiger partial charge in [0, 0.05) is 6.04 Å². The molecule has 92 valence electrons. The number of nitrogens with one attached hydrogen (secondary N) is 1. The molecular weight excluding hydrogens is 224 g/mol. The van der Waals surface area contributed by atoms with Gasteiger partial charge in [0.1, 0.15) is 17.7 Å². The van der Waals surface area contributed by atoms with E-state index in [1.807, 2.05) is 7.05 Å². The van der Waals surface area contributed by atoms with Crippen LogP contribution in [0, 0.1) is 11.6 Å². The second kappa shape index (κ2) is 4.84. The summed E-state index contributed by atoms with van der Waals surface area (Å²) in [7, 11) is 1.87. The van der Waals surface area contributed by atoms with Crippen LogP contribution in [0.15, 0.2) is 22.8 Å². The minimum atomic E-state index is -0.648. The topological polar surface area (TPSA) is 25.2 Å². The van der Waals surface area contributed by atoms with Crippen molar-refractivity contribution in [1.29, 1.82) is 0 Å². The van der Waals surface area contributed by atoms with Gasteiger partial charge in [0.2, 0.25) is 0 Å². The molecule has 1 heterocycles. The summed E-state index contributed by atoms with van der Waals surface area (Å²) in [5.41, 5.74) is 1.08. The molecule has 17 heavy (non-hydrogen) atoms. The highest BCUT2D eigenvalue weighted by Crippen LogP contribution is 2.25. The number of halogens is 2. The molecule has 2 aromatic rings. The van der Waals surface area contributed by atoms with Crippen LogP contribution in [0.3, 0.4) is 0 Å². The predicted octanol–water partition coefficient (Wildman–Crippen LogP) is 3.25. The Hall–Kier alpha value is -1.42.